The number of nitrogens with zero attached hydrogens (tertiary/aromatic N) is 3. The van der Waals surface area contributed by atoms with Gasteiger partial charge in [0.15, 0.2) is 0 Å². The summed E-state index contributed by atoms with van der Waals surface area (Å²) in [6.45, 7) is 4.18. The van der Waals surface area contributed by atoms with Gasteiger partial charge in [-0.25, -0.2) is 9.78 Å². The topological polar surface area (TPSA) is 92.3 Å². The normalized spacial score (nSPS) is 11.4. The molecule has 128 valence electrons. The van der Waals surface area contributed by atoms with Gasteiger partial charge in [-0.3, -0.25) is 4.98 Å². The summed E-state index contributed by atoms with van der Waals surface area (Å²) in [5.41, 5.74) is 7.93. The van der Waals surface area contributed by atoms with Gasteiger partial charge in [-0.15, -0.1) is 11.3 Å². The average molecular weight is 348 g/mol. The summed E-state index contributed by atoms with van der Waals surface area (Å²) in [6, 6.07) is 2.01. The number of imidazole rings is 1. The summed E-state index contributed by atoms with van der Waals surface area (Å²) in [5.74, 6) is 0.894. The molecule has 3 heterocycles. The fourth-order valence-corrected chi connectivity index (χ4v) is 3.55. The van der Waals surface area contributed by atoms with Crippen molar-refractivity contribution in [2.24, 2.45) is 5.73 Å². The summed E-state index contributed by atoms with van der Waals surface area (Å²) >= 11 is 1.67. The Morgan fingerprint density at radius 1 is 1.38 bits per heavy atom. The number of nitrogens with two attached hydrogens (primary N) is 1. The molecule has 0 aliphatic rings. The van der Waals surface area contributed by atoms with Gasteiger partial charge in [-0.05, 0) is 31.2 Å². The van der Waals surface area contributed by atoms with Crippen LogP contribution >= 0.6 is 11.3 Å². The molecule has 3 aromatic rings. The monoisotopic (exact) mass is 348 g/mol. The van der Waals surface area contributed by atoms with Crippen molar-refractivity contribution in [1.29, 1.82) is 0 Å². The third kappa shape index (κ3) is 3.49. The maximum absolute atomic E-state index is 10.6. The van der Waals surface area contributed by atoms with Crippen molar-refractivity contribution >= 4 is 38.7 Å². The molecule has 0 unspecified atom stereocenters. The van der Waals surface area contributed by atoms with Gasteiger partial charge in [0.1, 0.15) is 17.9 Å². The Morgan fingerprint density at radius 2 is 2.25 bits per heavy atom. The molecule has 24 heavy (non-hydrogen) atoms. The van der Waals surface area contributed by atoms with Crippen LogP contribution in [0.2, 0.25) is 0 Å². The number of carbonyl (C=O) groups is 1. The minimum atomic E-state index is -0.730. The number of rotatable bonds is 8. The first kappa shape index (κ1) is 16.7. The number of unbranched alkanes of at least 4 members (excludes halogenated alkanes) is 1. The zero-order valence-electron chi connectivity index (χ0n) is 13.5. The van der Waals surface area contributed by atoms with Crippen LogP contribution in [0.3, 0.4) is 0 Å². The highest BCUT2D eigenvalue weighted by atomic mass is 32.1. The lowest BCUT2D eigenvalue weighted by Crippen LogP contribution is -2.14. The van der Waals surface area contributed by atoms with E-state index in [1.807, 2.05) is 24.6 Å². The van der Waals surface area contributed by atoms with Crippen LogP contribution in [-0.4, -0.2) is 33.8 Å². The molecule has 8 heteroatoms. The number of amides is 1. The van der Waals surface area contributed by atoms with Gasteiger partial charge < -0.3 is 19.8 Å². The first-order chi connectivity index (χ1) is 11.7. The molecule has 0 aliphatic heterocycles. The molecule has 0 aliphatic carbocycles. The number of carbonyl (C=O) groups excluding carboxylic acids is 1. The molecule has 0 saturated carbocycles. The summed E-state index contributed by atoms with van der Waals surface area (Å²) < 4.78 is 13.7. The second-order valence-electron chi connectivity index (χ2n) is 5.32. The highest BCUT2D eigenvalue weighted by molar-refractivity contribution is 7.18. The van der Waals surface area contributed by atoms with Crippen molar-refractivity contribution in [3.05, 3.63) is 23.5 Å². The number of aryl methyl sites for hydroxylation is 1. The number of hydrogen-bond acceptors (Lipinski definition) is 6. The Morgan fingerprint density at radius 3 is 3.04 bits per heavy atom. The minimum Gasteiger partial charge on any atom is -0.450 e. The Balaban J connectivity index is 1.86. The fourth-order valence-electron chi connectivity index (χ4n) is 2.65. The van der Waals surface area contributed by atoms with Gasteiger partial charge in [0.2, 0.25) is 0 Å². The first-order valence-corrected chi connectivity index (χ1v) is 8.80. The number of hydrogen-bond donors (Lipinski definition) is 1. The number of pyridine rings is 1. The van der Waals surface area contributed by atoms with Crippen LogP contribution in [0.4, 0.5) is 4.79 Å². The summed E-state index contributed by atoms with van der Waals surface area (Å²) in [6.07, 6.45) is 2.68. The molecule has 1 amide bonds. The largest absolute Gasteiger partial charge is 0.450 e. The smallest absolute Gasteiger partial charge is 0.404 e. The Kier molecular flexibility index (Phi) is 5.27. The van der Waals surface area contributed by atoms with E-state index in [0.717, 1.165) is 46.5 Å². The lowest BCUT2D eigenvalue weighted by Gasteiger charge is -2.09. The number of aromatic nitrogens is 3. The minimum absolute atomic E-state index is 0.332. The molecule has 0 atom stereocenters. The van der Waals surface area contributed by atoms with Gasteiger partial charge in [0.05, 0.1) is 28.5 Å². The standard InChI is InChI=1S/C16H20N4O3S/c1-2-22-10-13-19-12-9-18-11-5-8-24-15(11)14(12)20(13)6-3-4-7-23-16(17)21/h5,8-9H,2-4,6-7,10H2,1H3,(H2,17,21). The van der Waals surface area contributed by atoms with Gasteiger partial charge in [0.25, 0.3) is 0 Å². The lowest BCUT2D eigenvalue weighted by molar-refractivity contribution is 0.125. The van der Waals surface area contributed by atoms with E-state index in [1.165, 1.54) is 0 Å². The molecule has 7 nitrogen and oxygen atoms in total. The quantitative estimate of drug-likeness (QED) is 0.632. The second kappa shape index (κ2) is 7.59. The predicted octanol–water partition coefficient (Wildman–Crippen LogP) is 3.06. The molecular formula is C16H20N4O3S. The molecule has 0 spiro atoms. The van der Waals surface area contributed by atoms with Crippen molar-refractivity contribution in [2.45, 2.75) is 32.9 Å². The van der Waals surface area contributed by atoms with Crippen molar-refractivity contribution in [1.82, 2.24) is 14.5 Å². The van der Waals surface area contributed by atoms with Crippen molar-refractivity contribution < 1.29 is 14.3 Å². The van der Waals surface area contributed by atoms with Crippen LogP contribution in [0.5, 0.6) is 0 Å². The van der Waals surface area contributed by atoms with Gasteiger partial charge >= 0.3 is 6.09 Å². The van der Waals surface area contributed by atoms with E-state index in [1.54, 1.807) is 11.3 Å². The van der Waals surface area contributed by atoms with Crippen molar-refractivity contribution in [2.75, 3.05) is 13.2 Å². The number of thiophene rings is 1. The zero-order chi connectivity index (χ0) is 16.9. The van der Waals surface area contributed by atoms with Crippen LogP contribution in [0.1, 0.15) is 25.6 Å². The van der Waals surface area contributed by atoms with Gasteiger partial charge in [0, 0.05) is 13.2 Å². The van der Waals surface area contributed by atoms with E-state index in [0.29, 0.717) is 19.8 Å². The molecule has 0 radical (unpaired) electrons. The number of ether oxygens (including phenoxy) is 2. The summed E-state index contributed by atoms with van der Waals surface area (Å²) in [5, 5.41) is 2.04. The summed E-state index contributed by atoms with van der Waals surface area (Å²) in [7, 11) is 0. The Labute approximate surface area is 143 Å². The van der Waals surface area contributed by atoms with E-state index < -0.39 is 6.09 Å². The van der Waals surface area contributed by atoms with E-state index in [2.05, 4.69) is 14.5 Å². The zero-order valence-corrected chi connectivity index (χ0v) is 14.3. The molecular weight excluding hydrogens is 328 g/mol. The summed E-state index contributed by atoms with van der Waals surface area (Å²) in [4.78, 5) is 19.8. The Hall–Kier alpha value is -2.19. The molecule has 0 saturated heterocycles. The van der Waals surface area contributed by atoms with E-state index in [4.69, 9.17) is 15.2 Å². The van der Waals surface area contributed by atoms with Crippen molar-refractivity contribution in [3.63, 3.8) is 0 Å². The third-order valence-corrected chi connectivity index (χ3v) is 4.63. The third-order valence-electron chi connectivity index (χ3n) is 3.71. The first-order valence-electron chi connectivity index (χ1n) is 7.92. The average Bonchev–Trinajstić information content (AvgIpc) is 3.16. The highest BCUT2D eigenvalue weighted by Gasteiger charge is 2.15. The molecule has 0 aromatic carbocycles. The SMILES string of the molecule is CCOCc1nc2cnc3ccsc3c2n1CCCCOC(N)=O. The van der Waals surface area contributed by atoms with Crippen molar-refractivity contribution in [3.8, 4) is 0 Å². The second-order valence-corrected chi connectivity index (χ2v) is 6.23. The molecule has 2 N–H and O–H groups in total. The van der Waals surface area contributed by atoms with Crippen LogP contribution in [0.15, 0.2) is 17.6 Å². The van der Waals surface area contributed by atoms with Gasteiger partial charge in [-0.2, -0.15) is 0 Å². The fraction of sp³-hybridized carbons (Fsp3) is 0.438. The van der Waals surface area contributed by atoms with E-state index >= 15 is 0 Å². The molecule has 3 aromatic heterocycles. The van der Waals surface area contributed by atoms with Crippen LogP contribution in [0.25, 0.3) is 21.3 Å². The Bertz CT molecular complexity index is 842. The molecule has 0 fully saturated rings. The van der Waals surface area contributed by atoms with Crippen LogP contribution in [-0.2, 0) is 22.6 Å². The van der Waals surface area contributed by atoms with Gasteiger partial charge in [-0.1, -0.05) is 0 Å². The number of primary amides is 1. The molecule has 3 rings (SSSR count). The lowest BCUT2D eigenvalue weighted by atomic mass is 10.3. The maximum atomic E-state index is 10.6. The van der Waals surface area contributed by atoms with Crippen LogP contribution in [0, 0.1) is 0 Å². The number of fused-ring (bicyclic) bond motifs is 3. The predicted molar refractivity (Wildman–Crippen MR) is 93.0 cm³/mol. The highest BCUT2D eigenvalue weighted by Crippen LogP contribution is 2.29. The molecule has 0 bridgehead atoms. The van der Waals surface area contributed by atoms with E-state index in [9.17, 15) is 4.79 Å². The van der Waals surface area contributed by atoms with E-state index in [-0.39, 0.29) is 0 Å². The van der Waals surface area contributed by atoms with Crippen LogP contribution < -0.4 is 5.73 Å². The maximum Gasteiger partial charge on any atom is 0.404 e.